The minimum absolute atomic E-state index is 0.0210. The maximum absolute atomic E-state index is 12.2. The second kappa shape index (κ2) is 7.84. The number of benzene rings is 1. The van der Waals surface area contributed by atoms with Gasteiger partial charge in [0, 0.05) is 33.2 Å². The Kier molecular flexibility index (Phi) is 5.55. The third kappa shape index (κ3) is 4.29. The number of carbonyl (C=O) groups is 2. The van der Waals surface area contributed by atoms with E-state index in [9.17, 15) is 9.59 Å². The van der Waals surface area contributed by atoms with Gasteiger partial charge in [-0.05, 0) is 24.6 Å². The van der Waals surface area contributed by atoms with Gasteiger partial charge in [-0.2, -0.15) is 0 Å². The molecule has 7 heteroatoms. The highest BCUT2D eigenvalue weighted by molar-refractivity contribution is 5.99. The molecule has 2 aliphatic heterocycles. The number of nitrogens with one attached hydrogen (secondary N) is 1. The molecule has 1 fully saturated rings. The van der Waals surface area contributed by atoms with Gasteiger partial charge in [0.15, 0.2) is 6.10 Å². The lowest BCUT2D eigenvalue weighted by Crippen LogP contribution is -2.42. The zero-order valence-electron chi connectivity index (χ0n) is 14.8. The Morgan fingerprint density at radius 2 is 2.08 bits per heavy atom. The first kappa shape index (κ1) is 17.7. The van der Waals surface area contributed by atoms with Crippen molar-refractivity contribution in [3.63, 3.8) is 0 Å². The standard InChI is InChI=1S/C18H25N3O4/c1-13-18(23)20(2)15-11-14(3-4-16(15)25-13)12-17(22)19-5-6-21-7-9-24-10-8-21/h3-4,11,13H,5-10,12H2,1-2H3,(H,19,22). The third-order valence-electron chi connectivity index (χ3n) is 4.59. The number of carbonyl (C=O) groups excluding carboxylic acids is 2. The molecule has 1 N–H and O–H groups in total. The second-order valence-corrected chi connectivity index (χ2v) is 6.44. The molecule has 25 heavy (non-hydrogen) atoms. The Morgan fingerprint density at radius 3 is 2.84 bits per heavy atom. The molecular formula is C18H25N3O4. The Morgan fingerprint density at radius 1 is 1.32 bits per heavy atom. The minimum atomic E-state index is -0.480. The van der Waals surface area contributed by atoms with Crippen molar-refractivity contribution in [3.05, 3.63) is 23.8 Å². The number of fused-ring (bicyclic) bond motifs is 1. The highest BCUT2D eigenvalue weighted by atomic mass is 16.5. The van der Waals surface area contributed by atoms with Crippen LogP contribution in [0.1, 0.15) is 12.5 Å². The summed E-state index contributed by atoms with van der Waals surface area (Å²) >= 11 is 0. The molecule has 0 saturated carbocycles. The van der Waals surface area contributed by atoms with Gasteiger partial charge in [-0.3, -0.25) is 14.5 Å². The monoisotopic (exact) mass is 347 g/mol. The molecule has 0 spiro atoms. The molecule has 3 rings (SSSR count). The fraction of sp³-hybridized carbons (Fsp3) is 0.556. The van der Waals surface area contributed by atoms with Crippen LogP contribution >= 0.6 is 0 Å². The number of hydrogen-bond acceptors (Lipinski definition) is 5. The van der Waals surface area contributed by atoms with Crippen molar-refractivity contribution in [1.29, 1.82) is 0 Å². The molecule has 0 radical (unpaired) electrons. The third-order valence-corrected chi connectivity index (χ3v) is 4.59. The van der Waals surface area contributed by atoms with Gasteiger partial charge in [-0.15, -0.1) is 0 Å². The zero-order chi connectivity index (χ0) is 17.8. The van der Waals surface area contributed by atoms with Crippen LogP contribution in [0.2, 0.25) is 0 Å². The van der Waals surface area contributed by atoms with E-state index in [1.807, 2.05) is 18.2 Å². The fourth-order valence-electron chi connectivity index (χ4n) is 3.09. The summed E-state index contributed by atoms with van der Waals surface area (Å²) in [6.07, 6.45) is -0.194. The molecule has 2 amide bonds. The van der Waals surface area contributed by atoms with Crippen LogP contribution in [0.5, 0.6) is 5.75 Å². The molecule has 1 aromatic rings. The largest absolute Gasteiger partial charge is 0.479 e. The van der Waals surface area contributed by atoms with E-state index in [0.29, 0.717) is 18.0 Å². The minimum Gasteiger partial charge on any atom is -0.479 e. The predicted molar refractivity (Wildman–Crippen MR) is 93.9 cm³/mol. The van der Waals surface area contributed by atoms with Crippen LogP contribution in [0.15, 0.2) is 18.2 Å². The van der Waals surface area contributed by atoms with Crippen LogP contribution in [0, 0.1) is 0 Å². The molecular weight excluding hydrogens is 322 g/mol. The normalized spacial score (nSPS) is 20.8. The molecule has 0 aromatic heterocycles. The van der Waals surface area contributed by atoms with Crippen molar-refractivity contribution >= 4 is 17.5 Å². The van der Waals surface area contributed by atoms with Crippen molar-refractivity contribution in [2.45, 2.75) is 19.4 Å². The number of hydrogen-bond donors (Lipinski definition) is 1. The van der Waals surface area contributed by atoms with Crippen LogP contribution in [0.25, 0.3) is 0 Å². The topological polar surface area (TPSA) is 71.1 Å². The summed E-state index contributed by atoms with van der Waals surface area (Å²) < 4.78 is 10.9. The van der Waals surface area contributed by atoms with Crippen LogP contribution in [-0.4, -0.2) is 69.3 Å². The maximum Gasteiger partial charge on any atom is 0.267 e. The van der Waals surface area contributed by atoms with E-state index in [2.05, 4.69) is 10.2 Å². The summed E-state index contributed by atoms with van der Waals surface area (Å²) in [6.45, 7) is 6.55. The van der Waals surface area contributed by atoms with E-state index in [1.165, 1.54) is 0 Å². The lowest BCUT2D eigenvalue weighted by molar-refractivity contribution is -0.125. The van der Waals surface area contributed by atoms with Gasteiger partial charge < -0.3 is 19.7 Å². The summed E-state index contributed by atoms with van der Waals surface area (Å²) in [7, 11) is 1.73. The summed E-state index contributed by atoms with van der Waals surface area (Å²) in [4.78, 5) is 28.0. The van der Waals surface area contributed by atoms with Crippen molar-refractivity contribution in [1.82, 2.24) is 10.2 Å². The average Bonchev–Trinajstić information content (AvgIpc) is 2.61. The van der Waals surface area contributed by atoms with E-state index in [1.54, 1.807) is 18.9 Å². The Labute approximate surface area is 147 Å². The van der Waals surface area contributed by atoms with Crippen molar-refractivity contribution < 1.29 is 19.1 Å². The molecule has 0 bridgehead atoms. The second-order valence-electron chi connectivity index (χ2n) is 6.44. The highest BCUT2D eigenvalue weighted by Gasteiger charge is 2.29. The van der Waals surface area contributed by atoms with Gasteiger partial charge in [0.2, 0.25) is 5.91 Å². The lowest BCUT2D eigenvalue weighted by Gasteiger charge is -2.30. The summed E-state index contributed by atoms with van der Waals surface area (Å²) in [5.41, 5.74) is 1.57. The van der Waals surface area contributed by atoms with Gasteiger partial charge in [0.25, 0.3) is 5.91 Å². The van der Waals surface area contributed by atoms with E-state index in [-0.39, 0.29) is 18.2 Å². The lowest BCUT2D eigenvalue weighted by atomic mass is 10.1. The van der Waals surface area contributed by atoms with Crippen LogP contribution < -0.4 is 15.0 Å². The summed E-state index contributed by atoms with van der Waals surface area (Å²) in [5, 5.41) is 2.95. The van der Waals surface area contributed by atoms with Crippen LogP contribution in [-0.2, 0) is 20.7 Å². The van der Waals surface area contributed by atoms with Crippen LogP contribution in [0.4, 0.5) is 5.69 Å². The molecule has 2 heterocycles. The molecule has 136 valence electrons. The number of ether oxygens (including phenoxy) is 2. The Balaban J connectivity index is 1.52. The molecule has 1 aromatic carbocycles. The van der Waals surface area contributed by atoms with E-state index < -0.39 is 6.10 Å². The van der Waals surface area contributed by atoms with Gasteiger partial charge in [0.1, 0.15) is 5.75 Å². The average molecular weight is 347 g/mol. The number of amides is 2. The molecule has 1 atom stereocenters. The quantitative estimate of drug-likeness (QED) is 0.836. The zero-order valence-corrected chi connectivity index (χ0v) is 14.8. The van der Waals surface area contributed by atoms with E-state index in [4.69, 9.17) is 9.47 Å². The highest BCUT2D eigenvalue weighted by Crippen LogP contribution is 2.33. The summed E-state index contributed by atoms with van der Waals surface area (Å²) in [6, 6.07) is 5.54. The van der Waals surface area contributed by atoms with Crippen molar-refractivity contribution in [2.75, 3.05) is 51.3 Å². The number of morpholine rings is 1. The SMILES string of the molecule is CC1Oc2ccc(CC(=O)NCCN3CCOCC3)cc2N(C)C1=O. The number of nitrogens with zero attached hydrogens (tertiary/aromatic N) is 2. The Bertz CT molecular complexity index is 643. The van der Waals surface area contributed by atoms with E-state index >= 15 is 0 Å². The number of likely N-dealkylation sites (N-methyl/N-ethyl adjacent to an activating group) is 1. The molecule has 7 nitrogen and oxygen atoms in total. The van der Waals surface area contributed by atoms with Crippen LogP contribution in [0.3, 0.4) is 0 Å². The van der Waals surface area contributed by atoms with Crippen molar-refractivity contribution in [3.8, 4) is 5.75 Å². The summed E-state index contributed by atoms with van der Waals surface area (Å²) in [5.74, 6) is 0.568. The van der Waals surface area contributed by atoms with Gasteiger partial charge in [-0.25, -0.2) is 0 Å². The first-order valence-electron chi connectivity index (χ1n) is 8.68. The Hall–Kier alpha value is -2.12. The molecule has 1 saturated heterocycles. The van der Waals surface area contributed by atoms with Crippen molar-refractivity contribution in [2.24, 2.45) is 0 Å². The number of rotatable bonds is 5. The smallest absolute Gasteiger partial charge is 0.267 e. The number of anilines is 1. The first-order valence-corrected chi connectivity index (χ1v) is 8.68. The fourth-order valence-corrected chi connectivity index (χ4v) is 3.09. The maximum atomic E-state index is 12.2. The predicted octanol–water partition coefficient (Wildman–Crippen LogP) is 0.421. The van der Waals surface area contributed by atoms with Gasteiger partial charge in [-0.1, -0.05) is 6.07 Å². The van der Waals surface area contributed by atoms with E-state index in [0.717, 1.165) is 38.4 Å². The molecule has 1 unspecified atom stereocenters. The molecule has 2 aliphatic rings. The van der Waals surface area contributed by atoms with Gasteiger partial charge in [0.05, 0.1) is 25.3 Å². The van der Waals surface area contributed by atoms with Gasteiger partial charge >= 0.3 is 0 Å². The molecule has 0 aliphatic carbocycles. The first-order chi connectivity index (χ1) is 12.0.